The van der Waals surface area contributed by atoms with Gasteiger partial charge in [0.1, 0.15) is 5.00 Å². The SMILES string of the molecule is Cc1sc(NC(=O)C(C)CCn2nc(C(F)(F)F)c3c2CCCC3)c(C(N)=O)c1C. The lowest BCUT2D eigenvalue weighted by atomic mass is 9.95. The topological polar surface area (TPSA) is 90.0 Å². The first-order chi connectivity index (χ1) is 14.0. The van der Waals surface area contributed by atoms with Gasteiger partial charge in [0.25, 0.3) is 5.91 Å². The minimum Gasteiger partial charge on any atom is -0.365 e. The van der Waals surface area contributed by atoms with Crippen molar-refractivity contribution in [2.45, 2.75) is 65.6 Å². The second-order valence-corrected chi connectivity index (χ2v) is 8.96. The van der Waals surface area contributed by atoms with E-state index in [1.165, 1.54) is 16.0 Å². The van der Waals surface area contributed by atoms with Crippen LogP contribution in [-0.4, -0.2) is 21.6 Å². The molecule has 2 aromatic rings. The number of hydrogen-bond acceptors (Lipinski definition) is 4. The summed E-state index contributed by atoms with van der Waals surface area (Å²) in [5.41, 5.74) is 6.58. The van der Waals surface area contributed by atoms with Crippen LogP contribution < -0.4 is 11.1 Å². The fraction of sp³-hybridized carbons (Fsp3) is 0.550. The fourth-order valence-electron chi connectivity index (χ4n) is 3.78. The lowest BCUT2D eigenvalue weighted by Gasteiger charge is -2.16. The Morgan fingerprint density at radius 3 is 2.57 bits per heavy atom. The number of alkyl halides is 3. The third-order valence-electron chi connectivity index (χ3n) is 5.62. The molecule has 6 nitrogen and oxygen atoms in total. The molecule has 2 aromatic heterocycles. The second kappa shape index (κ2) is 8.41. The molecule has 30 heavy (non-hydrogen) atoms. The largest absolute Gasteiger partial charge is 0.435 e. The van der Waals surface area contributed by atoms with E-state index in [9.17, 15) is 22.8 Å². The molecule has 2 heterocycles. The van der Waals surface area contributed by atoms with Crippen molar-refractivity contribution >= 4 is 28.2 Å². The number of aromatic nitrogens is 2. The van der Waals surface area contributed by atoms with Crippen LogP contribution in [0.15, 0.2) is 0 Å². The molecule has 2 amide bonds. The third kappa shape index (κ3) is 4.38. The van der Waals surface area contributed by atoms with E-state index in [1.807, 2.05) is 6.92 Å². The lowest BCUT2D eigenvalue weighted by Crippen LogP contribution is -2.24. The first kappa shape index (κ1) is 22.3. The normalized spacial score (nSPS) is 15.0. The maximum absolute atomic E-state index is 13.3. The highest BCUT2D eigenvalue weighted by Crippen LogP contribution is 2.36. The van der Waals surface area contributed by atoms with Crippen molar-refractivity contribution in [1.29, 1.82) is 0 Å². The number of primary amides is 1. The van der Waals surface area contributed by atoms with Crippen LogP contribution in [0, 0.1) is 19.8 Å². The maximum Gasteiger partial charge on any atom is 0.435 e. The number of anilines is 1. The van der Waals surface area contributed by atoms with Gasteiger partial charge >= 0.3 is 6.18 Å². The lowest BCUT2D eigenvalue weighted by molar-refractivity contribution is -0.142. The zero-order valence-electron chi connectivity index (χ0n) is 17.2. The zero-order chi connectivity index (χ0) is 22.2. The molecule has 0 fully saturated rings. The molecule has 10 heteroatoms. The van der Waals surface area contributed by atoms with Gasteiger partial charge in [-0.15, -0.1) is 11.3 Å². The molecule has 164 valence electrons. The van der Waals surface area contributed by atoms with E-state index in [4.69, 9.17) is 5.73 Å². The van der Waals surface area contributed by atoms with Crippen molar-refractivity contribution in [1.82, 2.24) is 9.78 Å². The number of amides is 2. The van der Waals surface area contributed by atoms with Gasteiger partial charge < -0.3 is 11.1 Å². The average molecular weight is 443 g/mol. The van der Waals surface area contributed by atoms with Crippen molar-refractivity contribution in [2.24, 2.45) is 11.7 Å². The standard InChI is InChI=1S/C20H25F3N4O2S/c1-10(18(29)25-19-15(17(24)28)11(2)12(3)30-19)8-9-27-14-7-5-4-6-13(14)16(26-27)20(21,22)23/h10H,4-9H2,1-3H3,(H2,24,28)(H,25,29). The Morgan fingerprint density at radius 1 is 1.27 bits per heavy atom. The molecule has 1 unspecified atom stereocenters. The van der Waals surface area contributed by atoms with Crippen LogP contribution in [0.25, 0.3) is 0 Å². The predicted molar refractivity (Wildman–Crippen MR) is 109 cm³/mol. The minimum absolute atomic E-state index is 0.220. The van der Waals surface area contributed by atoms with Crippen molar-refractivity contribution in [3.05, 3.63) is 33.0 Å². The summed E-state index contributed by atoms with van der Waals surface area (Å²) in [5, 5.41) is 6.99. The van der Waals surface area contributed by atoms with Gasteiger partial charge in [0.15, 0.2) is 5.69 Å². The Labute approximate surface area is 176 Å². The smallest absolute Gasteiger partial charge is 0.365 e. The summed E-state index contributed by atoms with van der Waals surface area (Å²) in [7, 11) is 0. The van der Waals surface area contributed by atoms with Crippen LogP contribution in [0.5, 0.6) is 0 Å². The number of carbonyl (C=O) groups excluding carboxylic acids is 2. The van der Waals surface area contributed by atoms with Gasteiger partial charge in [-0.3, -0.25) is 14.3 Å². The molecule has 3 rings (SSSR count). The van der Waals surface area contributed by atoms with Crippen molar-refractivity contribution in [3.8, 4) is 0 Å². The van der Waals surface area contributed by atoms with Gasteiger partial charge in [-0.1, -0.05) is 6.92 Å². The van der Waals surface area contributed by atoms with Gasteiger partial charge in [0.2, 0.25) is 5.91 Å². The Balaban J connectivity index is 1.71. The molecule has 0 bridgehead atoms. The summed E-state index contributed by atoms with van der Waals surface area (Å²) in [4.78, 5) is 25.2. The second-order valence-electron chi connectivity index (χ2n) is 7.73. The molecular formula is C20H25F3N4O2S. The Hall–Kier alpha value is -2.36. The quantitative estimate of drug-likeness (QED) is 0.702. The Kier molecular flexibility index (Phi) is 6.26. The fourth-order valence-corrected chi connectivity index (χ4v) is 4.85. The summed E-state index contributed by atoms with van der Waals surface area (Å²) in [6.07, 6.45) is -1.65. The summed E-state index contributed by atoms with van der Waals surface area (Å²) in [6, 6.07) is 0. The van der Waals surface area contributed by atoms with Crippen LogP contribution >= 0.6 is 11.3 Å². The number of thiophene rings is 1. The number of rotatable bonds is 6. The molecule has 0 saturated carbocycles. The van der Waals surface area contributed by atoms with E-state index in [0.29, 0.717) is 41.1 Å². The number of nitrogens with one attached hydrogen (secondary N) is 1. The number of halogens is 3. The molecule has 1 aliphatic rings. The number of nitrogens with zero attached hydrogens (tertiary/aromatic N) is 2. The maximum atomic E-state index is 13.3. The Bertz CT molecular complexity index is 978. The van der Waals surface area contributed by atoms with Crippen molar-refractivity contribution in [3.63, 3.8) is 0 Å². The van der Waals surface area contributed by atoms with Crippen LogP contribution in [0.1, 0.15) is 63.9 Å². The van der Waals surface area contributed by atoms with E-state index >= 15 is 0 Å². The summed E-state index contributed by atoms with van der Waals surface area (Å²) >= 11 is 1.28. The van der Waals surface area contributed by atoms with E-state index in [2.05, 4.69) is 10.4 Å². The molecular weight excluding hydrogens is 417 g/mol. The number of aryl methyl sites for hydroxylation is 2. The molecule has 0 saturated heterocycles. The van der Waals surface area contributed by atoms with Crippen molar-refractivity contribution in [2.75, 3.05) is 5.32 Å². The van der Waals surface area contributed by atoms with Gasteiger partial charge in [0, 0.05) is 28.6 Å². The van der Waals surface area contributed by atoms with Crippen molar-refractivity contribution < 1.29 is 22.8 Å². The summed E-state index contributed by atoms with van der Waals surface area (Å²) in [6.45, 7) is 5.53. The molecule has 3 N–H and O–H groups in total. The highest BCUT2D eigenvalue weighted by atomic mass is 32.1. The molecule has 0 spiro atoms. The van der Waals surface area contributed by atoms with E-state index in [1.54, 1.807) is 13.8 Å². The van der Waals surface area contributed by atoms with Crippen LogP contribution in [-0.2, 0) is 30.4 Å². The van der Waals surface area contributed by atoms with Gasteiger partial charge in [-0.05, 0) is 51.5 Å². The average Bonchev–Trinajstić information content (AvgIpc) is 3.17. The number of fused-ring (bicyclic) bond motifs is 1. The minimum atomic E-state index is -4.48. The van der Waals surface area contributed by atoms with Crippen LogP contribution in [0.4, 0.5) is 18.2 Å². The number of hydrogen-bond donors (Lipinski definition) is 2. The molecule has 0 aromatic carbocycles. The van der Waals surface area contributed by atoms with E-state index in [0.717, 1.165) is 23.3 Å². The van der Waals surface area contributed by atoms with Crippen LogP contribution in [0.2, 0.25) is 0 Å². The highest BCUT2D eigenvalue weighted by molar-refractivity contribution is 7.16. The van der Waals surface area contributed by atoms with Gasteiger partial charge in [-0.2, -0.15) is 18.3 Å². The van der Waals surface area contributed by atoms with Gasteiger partial charge in [0.05, 0.1) is 5.56 Å². The first-order valence-corrected chi connectivity index (χ1v) is 10.7. The first-order valence-electron chi connectivity index (χ1n) is 9.87. The number of carbonyl (C=O) groups is 2. The zero-order valence-corrected chi connectivity index (χ0v) is 18.0. The highest BCUT2D eigenvalue weighted by Gasteiger charge is 2.39. The summed E-state index contributed by atoms with van der Waals surface area (Å²) in [5.74, 6) is -1.40. The van der Waals surface area contributed by atoms with E-state index < -0.39 is 23.7 Å². The molecule has 0 aliphatic heterocycles. The number of nitrogens with two attached hydrogens (primary N) is 1. The predicted octanol–water partition coefficient (Wildman–Crippen LogP) is 4.22. The third-order valence-corrected chi connectivity index (χ3v) is 6.74. The molecule has 1 atom stereocenters. The molecule has 1 aliphatic carbocycles. The Morgan fingerprint density at radius 2 is 1.93 bits per heavy atom. The summed E-state index contributed by atoms with van der Waals surface area (Å²) < 4.78 is 41.4. The van der Waals surface area contributed by atoms with Crippen LogP contribution in [0.3, 0.4) is 0 Å². The van der Waals surface area contributed by atoms with Gasteiger partial charge in [-0.25, -0.2) is 0 Å². The van der Waals surface area contributed by atoms with E-state index in [-0.39, 0.29) is 12.5 Å². The molecule has 0 radical (unpaired) electrons. The monoisotopic (exact) mass is 442 g/mol.